The molecule has 88 valence electrons. The minimum Gasteiger partial charge on any atom is -0.500 e. The molecule has 1 fully saturated rings. The molecule has 0 saturated carbocycles. The number of hydrogen-bond acceptors (Lipinski definition) is 3. The van der Waals surface area contributed by atoms with Crippen LogP contribution in [0.4, 0.5) is 0 Å². The van der Waals surface area contributed by atoms with Gasteiger partial charge in [-0.2, -0.15) is 0 Å². The number of allylic oxidation sites excluding steroid dienone is 1. The van der Waals surface area contributed by atoms with Crippen LogP contribution >= 0.6 is 0 Å². The quantitative estimate of drug-likeness (QED) is 0.698. The molecule has 0 aliphatic carbocycles. The monoisotopic (exact) mass is 232 g/mol. The Morgan fingerprint density at radius 3 is 2.53 bits per heavy atom. The second-order valence-electron chi connectivity index (χ2n) is 4.47. The number of rotatable bonds is 4. The second kappa shape index (κ2) is 4.56. The Bertz CT molecular complexity index is 339. The first-order chi connectivity index (χ1) is 6.93. The molecule has 1 heterocycles. The van der Waals surface area contributed by atoms with Crippen LogP contribution in [0.2, 0.25) is 0 Å². The van der Waals surface area contributed by atoms with Gasteiger partial charge in [-0.05, 0) is 38.7 Å². The summed E-state index contributed by atoms with van der Waals surface area (Å²) in [7, 11) is -2.95. The fraction of sp³-hybridized carbons (Fsp3) is 0.818. The van der Waals surface area contributed by atoms with E-state index in [0.29, 0.717) is 18.8 Å². The van der Waals surface area contributed by atoms with Gasteiger partial charge in [0.15, 0.2) is 9.84 Å². The third kappa shape index (κ3) is 2.54. The van der Waals surface area contributed by atoms with Crippen LogP contribution in [-0.2, 0) is 14.6 Å². The number of hydrogen-bond donors (Lipinski definition) is 0. The average Bonchev–Trinajstić information content (AvgIpc) is 2.42. The molecule has 1 aliphatic heterocycles. The summed E-state index contributed by atoms with van der Waals surface area (Å²) in [5.41, 5.74) is 1.05. The van der Waals surface area contributed by atoms with E-state index in [-0.39, 0.29) is 0 Å². The van der Waals surface area contributed by atoms with Gasteiger partial charge in [-0.15, -0.1) is 0 Å². The van der Waals surface area contributed by atoms with Crippen molar-refractivity contribution in [3.05, 3.63) is 11.8 Å². The molecule has 0 aromatic heterocycles. The molecule has 3 nitrogen and oxygen atoms in total. The third-order valence-corrected chi connectivity index (χ3v) is 5.77. The molecule has 4 heteroatoms. The molecule has 0 aromatic rings. The van der Waals surface area contributed by atoms with Gasteiger partial charge < -0.3 is 4.74 Å². The molecule has 0 spiro atoms. The average molecular weight is 232 g/mol. The molecular formula is C11H20O3S. The summed E-state index contributed by atoms with van der Waals surface area (Å²) in [5.74, 6) is 0.318. The van der Waals surface area contributed by atoms with Crippen LogP contribution in [0.5, 0.6) is 0 Å². The van der Waals surface area contributed by atoms with Gasteiger partial charge in [0.1, 0.15) is 11.4 Å². The molecule has 0 N–H and O–H groups in total. The lowest BCUT2D eigenvalue weighted by molar-refractivity contribution is 0.200. The van der Waals surface area contributed by atoms with E-state index in [9.17, 15) is 8.42 Å². The predicted octanol–water partition coefficient (Wildman–Crippen LogP) is 2.28. The Balaban J connectivity index is 2.74. The van der Waals surface area contributed by atoms with Crippen molar-refractivity contribution < 1.29 is 13.2 Å². The van der Waals surface area contributed by atoms with Gasteiger partial charge in [0, 0.05) is 0 Å². The van der Waals surface area contributed by atoms with Crippen LogP contribution < -0.4 is 0 Å². The second-order valence-corrected chi connectivity index (χ2v) is 6.97. The highest BCUT2D eigenvalue weighted by Gasteiger charge is 2.46. The summed E-state index contributed by atoms with van der Waals surface area (Å²) in [6.45, 7) is 6.09. The topological polar surface area (TPSA) is 43.4 Å². The lowest BCUT2D eigenvalue weighted by Gasteiger charge is -2.25. The largest absolute Gasteiger partial charge is 0.500 e. The van der Waals surface area contributed by atoms with E-state index in [4.69, 9.17) is 4.74 Å². The fourth-order valence-electron chi connectivity index (χ4n) is 1.98. The molecule has 1 unspecified atom stereocenters. The molecule has 0 amide bonds. The van der Waals surface area contributed by atoms with Crippen molar-refractivity contribution in [1.82, 2.24) is 0 Å². The zero-order valence-electron chi connectivity index (χ0n) is 9.75. The van der Waals surface area contributed by atoms with Crippen molar-refractivity contribution in [1.29, 1.82) is 0 Å². The van der Waals surface area contributed by atoms with Gasteiger partial charge in [-0.25, -0.2) is 8.42 Å². The molecule has 0 aromatic carbocycles. The maximum Gasteiger partial charge on any atom is 0.159 e. The van der Waals surface area contributed by atoms with Gasteiger partial charge in [0.25, 0.3) is 0 Å². The normalized spacial score (nSPS) is 28.7. The van der Waals surface area contributed by atoms with Crippen LogP contribution in [0.1, 0.15) is 40.0 Å². The van der Waals surface area contributed by atoms with Crippen molar-refractivity contribution in [2.45, 2.75) is 44.8 Å². The van der Waals surface area contributed by atoms with Crippen LogP contribution in [0.3, 0.4) is 0 Å². The Hall–Kier alpha value is -0.510. The lowest BCUT2D eigenvalue weighted by Crippen LogP contribution is -2.38. The van der Waals surface area contributed by atoms with E-state index in [1.807, 2.05) is 20.8 Å². The highest BCUT2D eigenvalue weighted by molar-refractivity contribution is 7.93. The summed E-state index contributed by atoms with van der Waals surface area (Å²) in [6, 6.07) is 0. The maximum absolute atomic E-state index is 11.9. The van der Waals surface area contributed by atoms with Crippen LogP contribution in [-0.4, -0.2) is 25.5 Å². The smallest absolute Gasteiger partial charge is 0.159 e. The van der Waals surface area contributed by atoms with Crippen molar-refractivity contribution in [3.63, 3.8) is 0 Å². The van der Waals surface area contributed by atoms with Gasteiger partial charge in [0.05, 0.1) is 12.0 Å². The highest BCUT2D eigenvalue weighted by Crippen LogP contribution is 2.35. The third-order valence-electron chi connectivity index (χ3n) is 3.01. The molecule has 0 radical (unpaired) electrons. The molecule has 1 saturated heterocycles. The molecule has 1 atom stereocenters. The van der Waals surface area contributed by atoms with Crippen molar-refractivity contribution in [3.8, 4) is 0 Å². The fourth-order valence-corrected chi connectivity index (χ4v) is 4.08. The van der Waals surface area contributed by atoms with Gasteiger partial charge in [-0.1, -0.05) is 6.92 Å². The molecule has 1 aliphatic rings. The summed E-state index contributed by atoms with van der Waals surface area (Å²) < 4.78 is 28.5. The van der Waals surface area contributed by atoms with E-state index < -0.39 is 14.6 Å². The first-order valence-electron chi connectivity index (χ1n) is 5.41. The molecule has 15 heavy (non-hydrogen) atoms. The van der Waals surface area contributed by atoms with E-state index in [0.717, 1.165) is 18.4 Å². The summed E-state index contributed by atoms with van der Waals surface area (Å²) in [4.78, 5) is 0. The van der Waals surface area contributed by atoms with Gasteiger partial charge in [0.2, 0.25) is 0 Å². The van der Waals surface area contributed by atoms with Gasteiger partial charge >= 0.3 is 0 Å². The van der Waals surface area contributed by atoms with E-state index >= 15 is 0 Å². The Morgan fingerprint density at radius 2 is 2.13 bits per heavy atom. The Morgan fingerprint density at radius 1 is 1.47 bits per heavy atom. The summed E-state index contributed by atoms with van der Waals surface area (Å²) in [5, 5.41) is 0. The number of sulfone groups is 1. The van der Waals surface area contributed by atoms with Gasteiger partial charge in [-0.3, -0.25) is 0 Å². The maximum atomic E-state index is 11.9. The van der Waals surface area contributed by atoms with E-state index in [2.05, 4.69) is 0 Å². The lowest BCUT2D eigenvalue weighted by atomic mass is 10.0. The molecule has 1 rings (SSSR count). The van der Waals surface area contributed by atoms with Crippen molar-refractivity contribution in [2.24, 2.45) is 0 Å². The molecular weight excluding hydrogens is 212 g/mol. The van der Waals surface area contributed by atoms with Crippen molar-refractivity contribution >= 4 is 9.84 Å². The van der Waals surface area contributed by atoms with Crippen molar-refractivity contribution in [2.75, 3.05) is 12.4 Å². The Labute approximate surface area is 92.4 Å². The first-order valence-corrected chi connectivity index (χ1v) is 7.06. The minimum absolute atomic E-state index is 0.303. The standard InChI is InChI=1S/C11H20O3S/c1-4-11(9-14-8-10(2)3)6-5-7-15(11,12)13/h8H,4-7,9H2,1-3H3. The first kappa shape index (κ1) is 12.6. The zero-order chi connectivity index (χ0) is 11.5. The predicted molar refractivity (Wildman–Crippen MR) is 61.4 cm³/mol. The van der Waals surface area contributed by atoms with E-state index in [1.165, 1.54) is 0 Å². The summed E-state index contributed by atoms with van der Waals surface area (Å²) >= 11 is 0. The van der Waals surface area contributed by atoms with E-state index in [1.54, 1.807) is 6.26 Å². The Kier molecular flexibility index (Phi) is 3.82. The zero-order valence-corrected chi connectivity index (χ0v) is 10.6. The molecule has 0 bridgehead atoms. The highest BCUT2D eigenvalue weighted by atomic mass is 32.2. The number of ether oxygens (including phenoxy) is 1. The van der Waals surface area contributed by atoms with Crippen LogP contribution in [0, 0.1) is 0 Å². The van der Waals surface area contributed by atoms with Crippen LogP contribution in [0.25, 0.3) is 0 Å². The SMILES string of the molecule is CCC1(COC=C(C)C)CCCS1(=O)=O. The van der Waals surface area contributed by atoms with Crippen LogP contribution in [0.15, 0.2) is 11.8 Å². The minimum atomic E-state index is -2.95. The summed E-state index contributed by atoms with van der Waals surface area (Å²) in [6.07, 6.45) is 3.80.